The highest BCUT2D eigenvalue weighted by Gasteiger charge is 2.06. The van der Waals surface area contributed by atoms with Gasteiger partial charge in [-0.2, -0.15) is 0 Å². The largest absolute Gasteiger partial charge is 0.423 e. The van der Waals surface area contributed by atoms with Crippen LogP contribution in [0.4, 0.5) is 11.7 Å². The quantitative estimate of drug-likeness (QED) is 0.751. The topological polar surface area (TPSA) is 38.1 Å². The van der Waals surface area contributed by atoms with Gasteiger partial charge in [-0.05, 0) is 24.3 Å². The molecule has 94 valence electrons. The number of hydrogen-bond donors (Lipinski definition) is 1. The van der Waals surface area contributed by atoms with Crippen molar-refractivity contribution in [2.24, 2.45) is 0 Å². The van der Waals surface area contributed by atoms with Crippen LogP contribution in [0.5, 0.6) is 0 Å². The third-order valence-electron chi connectivity index (χ3n) is 2.64. The molecule has 2 aromatic carbocycles. The number of oxazole rings is 1. The number of nitrogens with zero attached hydrogens (tertiary/aromatic N) is 1. The van der Waals surface area contributed by atoms with Crippen molar-refractivity contribution in [3.05, 3.63) is 65.3 Å². The SMILES string of the molecule is Brc1cccc(-c2cnc(Nc3ccccc3)o2)c1. The van der Waals surface area contributed by atoms with Crippen molar-refractivity contribution in [3.63, 3.8) is 0 Å². The highest BCUT2D eigenvalue weighted by molar-refractivity contribution is 9.10. The molecule has 0 saturated heterocycles. The van der Waals surface area contributed by atoms with Crippen molar-refractivity contribution in [1.29, 1.82) is 0 Å². The van der Waals surface area contributed by atoms with Gasteiger partial charge in [0.05, 0.1) is 6.20 Å². The van der Waals surface area contributed by atoms with E-state index in [0.717, 1.165) is 21.5 Å². The summed E-state index contributed by atoms with van der Waals surface area (Å²) in [5, 5.41) is 3.12. The smallest absolute Gasteiger partial charge is 0.299 e. The zero-order valence-corrected chi connectivity index (χ0v) is 11.6. The maximum atomic E-state index is 5.69. The van der Waals surface area contributed by atoms with Crippen LogP contribution in [-0.4, -0.2) is 4.98 Å². The zero-order valence-electron chi connectivity index (χ0n) is 10.0. The van der Waals surface area contributed by atoms with E-state index in [1.54, 1.807) is 6.20 Å². The molecule has 0 aliphatic heterocycles. The highest BCUT2D eigenvalue weighted by atomic mass is 79.9. The van der Waals surface area contributed by atoms with Gasteiger partial charge in [-0.15, -0.1) is 0 Å². The molecule has 1 N–H and O–H groups in total. The number of halogens is 1. The van der Waals surface area contributed by atoms with Gasteiger partial charge in [-0.25, -0.2) is 4.98 Å². The Morgan fingerprint density at radius 2 is 1.84 bits per heavy atom. The Morgan fingerprint density at radius 1 is 1.00 bits per heavy atom. The Balaban J connectivity index is 1.84. The molecule has 0 fully saturated rings. The van der Waals surface area contributed by atoms with Crippen molar-refractivity contribution in [2.45, 2.75) is 0 Å². The molecule has 3 nitrogen and oxygen atoms in total. The van der Waals surface area contributed by atoms with Gasteiger partial charge in [0.25, 0.3) is 6.01 Å². The van der Waals surface area contributed by atoms with E-state index >= 15 is 0 Å². The number of anilines is 2. The normalized spacial score (nSPS) is 10.4. The molecule has 0 aliphatic carbocycles. The minimum atomic E-state index is 0.487. The van der Waals surface area contributed by atoms with E-state index in [9.17, 15) is 0 Å². The zero-order chi connectivity index (χ0) is 13.1. The van der Waals surface area contributed by atoms with Crippen LogP contribution in [-0.2, 0) is 0 Å². The standard InChI is InChI=1S/C15H11BrN2O/c16-12-6-4-5-11(9-12)14-10-17-15(19-14)18-13-7-2-1-3-8-13/h1-10H,(H,17,18). The Bertz CT molecular complexity index is 679. The Labute approximate surface area is 119 Å². The van der Waals surface area contributed by atoms with E-state index in [0.29, 0.717) is 6.01 Å². The van der Waals surface area contributed by atoms with Crippen LogP contribution in [0.3, 0.4) is 0 Å². The van der Waals surface area contributed by atoms with Gasteiger partial charge in [0.2, 0.25) is 0 Å². The van der Waals surface area contributed by atoms with E-state index in [4.69, 9.17) is 4.42 Å². The van der Waals surface area contributed by atoms with E-state index in [1.807, 2.05) is 54.6 Å². The average Bonchev–Trinajstić information content (AvgIpc) is 2.88. The first-order chi connectivity index (χ1) is 9.31. The molecule has 0 radical (unpaired) electrons. The number of hydrogen-bond acceptors (Lipinski definition) is 3. The van der Waals surface area contributed by atoms with Crippen LogP contribution in [0.15, 0.2) is 69.7 Å². The van der Waals surface area contributed by atoms with Gasteiger partial charge in [0.1, 0.15) is 0 Å². The van der Waals surface area contributed by atoms with Crippen LogP contribution >= 0.6 is 15.9 Å². The Hall–Kier alpha value is -2.07. The van der Waals surface area contributed by atoms with E-state index < -0.39 is 0 Å². The molecule has 0 atom stereocenters. The first kappa shape index (κ1) is 12.0. The van der Waals surface area contributed by atoms with Gasteiger partial charge in [0, 0.05) is 15.7 Å². The second-order valence-corrected chi connectivity index (χ2v) is 4.95. The molecular formula is C15H11BrN2O. The second-order valence-electron chi connectivity index (χ2n) is 4.03. The molecular weight excluding hydrogens is 304 g/mol. The summed E-state index contributed by atoms with van der Waals surface area (Å²) in [6.45, 7) is 0. The van der Waals surface area contributed by atoms with Crippen molar-refractivity contribution in [2.75, 3.05) is 5.32 Å². The van der Waals surface area contributed by atoms with Gasteiger partial charge in [-0.3, -0.25) is 0 Å². The molecule has 1 aromatic heterocycles. The minimum Gasteiger partial charge on any atom is -0.423 e. The van der Waals surface area contributed by atoms with Gasteiger partial charge < -0.3 is 9.73 Å². The first-order valence-corrected chi connectivity index (χ1v) is 6.64. The fourth-order valence-corrected chi connectivity index (χ4v) is 2.15. The lowest BCUT2D eigenvalue weighted by Gasteiger charge is -2.00. The summed E-state index contributed by atoms with van der Waals surface area (Å²) < 4.78 is 6.70. The van der Waals surface area contributed by atoms with Crippen LogP contribution in [0.1, 0.15) is 0 Å². The number of rotatable bonds is 3. The predicted octanol–water partition coefficient (Wildman–Crippen LogP) is 4.85. The Morgan fingerprint density at radius 3 is 2.63 bits per heavy atom. The predicted molar refractivity (Wildman–Crippen MR) is 79.4 cm³/mol. The number of nitrogens with one attached hydrogen (secondary N) is 1. The summed E-state index contributed by atoms with van der Waals surface area (Å²) in [5.74, 6) is 0.736. The summed E-state index contributed by atoms with van der Waals surface area (Å²) in [4.78, 5) is 4.22. The second kappa shape index (κ2) is 5.28. The highest BCUT2D eigenvalue weighted by Crippen LogP contribution is 2.26. The maximum absolute atomic E-state index is 5.69. The summed E-state index contributed by atoms with van der Waals surface area (Å²) in [6, 6.07) is 18.2. The van der Waals surface area contributed by atoms with Crippen molar-refractivity contribution < 1.29 is 4.42 Å². The van der Waals surface area contributed by atoms with Crippen LogP contribution in [0, 0.1) is 0 Å². The Kier molecular flexibility index (Phi) is 3.33. The van der Waals surface area contributed by atoms with Crippen LogP contribution in [0.2, 0.25) is 0 Å². The maximum Gasteiger partial charge on any atom is 0.299 e. The lowest BCUT2D eigenvalue weighted by molar-refractivity contribution is 0.592. The van der Waals surface area contributed by atoms with Crippen molar-refractivity contribution in [1.82, 2.24) is 4.98 Å². The molecule has 19 heavy (non-hydrogen) atoms. The molecule has 0 unspecified atom stereocenters. The molecule has 1 heterocycles. The molecule has 4 heteroatoms. The lowest BCUT2D eigenvalue weighted by Crippen LogP contribution is -1.88. The summed E-state index contributed by atoms with van der Waals surface area (Å²) in [6.07, 6.45) is 1.72. The van der Waals surface area contributed by atoms with E-state index in [1.165, 1.54) is 0 Å². The van der Waals surface area contributed by atoms with Crippen LogP contribution < -0.4 is 5.32 Å². The summed E-state index contributed by atoms with van der Waals surface area (Å²) >= 11 is 3.44. The molecule has 0 spiro atoms. The fraction of sp³-hybridized carbons (Fsp3) is 0. The summed E-state index contributed by atoms with van der Waals surface area (Å²) in [7, 11) is 0. The van der Waals surface area contributed by atoms with Gasteiger partial charge in [-0.1, -0.05) is 46.3 Å². The molecule has 3 rings (SSSR count). The molecule has 0 bridgehead atoms. The van der Waals surface area contributed by atoms with Gasteiger partial charge in [0.15, 0.2) is 5.76 Å². The van der Waals surface area contributed by atoms with E-state index in [-0.39, 0.29) is 0 Å². The average molecular weight is 315 g/mol. The molecule has 0 amide bonds. The van der Waals surface area contributed by atoms with Gasteiger partial charge >= 0.3 is 0 Å². The van der Waals surface area contributed by atoms with Crippen LogP contribution in [0.25, 0.3) is 11.3 Å². The van der Waals surface area contributed by atoms with Crippen molar-refractivity contribution in [3.8, 4) is 11.3 Å². The monoisotopic (exact) mass is 314 g/mol. The molecule has 0 aliphatic rings. The van der Waals surface area contributed by atoms with E-state index in [2.05, 4.69) is 26.2 Å². The minimum absolute atomic E-state index is 0.487. The number of aromatic nitrogens is 1. The first-order valence-electron chi connectivity index (χ1n) is 5.85. The fourth-order valence-electron chi connectivity index (χ4n) is 1.75. The third kappa shape index (κ3) is 2.85. The van der Waals surface area contributed by atoms with Crippen molar-refractivity contribution >= 4 is 27.6 Å². The summed E-state index contributed by atoms with van der Waals surface area (Å²) in [5.41, 5.74) is 1.94. The number of para-hydroxylation sites is 1. The lowest BCUT2D eigenvalue weighted by atomic mass is 10.2. The third-order valence-corrected chi connectivity index (χ3v) is 3.13. The molecule has 0 saturated carbocycles. The number of benzene rings is 2. The molecule has 3 aromatic rings.